The van der Waals surface area contributed by atoms with E-state index >= 15 is 0 Å². The first-order valence-electron chi connectivity index (χ1n) is 5.94. The first-order valence-corrected chi connectivity index (χ1v) is 5.94. The number of anilines is 1. The van der Waals surface area contributed by atoms with Gasteiger partial charge in [-0.1, -0.05) is 6.07 Å². The molecule has 0 saturated carbocycles. The van der Waals surface area contributed by atoms with Gasteiger partial charge >= 0.3 is 12.1 Å². The molecule has 2 N–H and O–H groups in total. The van der Waals surface area contributed by atoms with Gasteiger partial charge < -0.3 is 10.4 Å². The van der Waals surface area contributed by atoms with Gasteiger partial charge in [-0.3, -0.25) is 9.48 Å². The van der Waals surface area contributed by atoms with Gasteiger partial charge in [0.2, 0.25) is 0 Å². The Balaban J connectivity index is 2.30. The van der Waals surface area contributed by atoms with E-state index in [1.807, 2.05) is 0 Å². The Morgan fingerprint density at radius 1 is 1.32 bits per heavy atom. The van der Waals surface area contributed by atoms with Crippen molar-refractivity contribution in [3.05, 3.63) is 47.3 Å². The number of aryl methyl sites for hydroxylation is 1. The number of carbonyl (C=O) groups is 2. The summed E-state index contributed by atoms with van der Waals surface area (Å²) in [6, 6.07) is 4.03. The van der Waals surface area contributed by atoms with E-state index in [4.69, 9.17) is 5.11 Å². The van der Waals surface area contributed by atoms with Crippen LogP contribution in [-0.4, -0.2) is 26.8 Å². The van der Waals surface area contributed by atoms with Gasteiger partial charge in [-0.15, -0.1) is 0 Å². The van der Waals surface area contributed by atoms with Crippen LogP contribution in [0.2, 0.25) is 0 Å². The highest BCUT2D eigenvalue weighted by molar-refractivity contribution is 6.09. The van der Waals surface area contributed by atoms with Crippen molar-refractivity contribution < 1.29 is 27.9 Å². The molecule has 0 atom stereocenters. The third kappa shape index (κ3) is 3.08. The van der Waals surface area contributed by atoms with Crippen LogP contribution in [-0.2, 0) is 13.2 Å². The van der Waals surface area contributed by atoms with Crippen LogP contribution in [0, 0.1) is 0 Å². The summed E-state index contributed by atoms with van der Waals surface area (Å²) in [6.45, 7) is 0. The average Bonchev–Trinajstić information content (AvgIpc) is 2.80. The fourth-order valence-electron chi connectivity index (χ4n) is 1.83. The number of nitrogens with zero attached hydrogens (tertiary/aromatic N) is 2. The van der Waals surface area contributed by atoms with Crippen LogP contribution >= 0.6 is 0 Å². The Morgan fingerprint density at radius 3 is 2.59 bits per heavy atom. The number of carboxylic acid groups (broad SMARTS) is 1. The monoisotopic (exact) mass is 313 g/mol. The molecule has 1 heterocycles. The van der Waals surface area contributed by atoms with Gasteiger partial charge in [0.15, 0.2) is 0 Å². The van der Waals surface area contributed by atoms with Crippen LogP contribution < -0.4 is 5.32 Å². The van der Waals surface area contributed by atoms with Crippen molar-refractivity contribution in [2.45, 2.75) is 6.18 Å². The Bertz CT molecular complexity index is 738. The molecule has 0 radical (unpaired) electrons. The van der Waals surface area contributed by atoms with Crippen LogP contribution in [0.25, 0.3) is 0 Å². The quantitative estimate of drug-likeness (QED) is 0.911. The minimum absolute atomic E-state index is 0.0997. The highest BCUT2D eigenvalue weighted by Crippen LogP contribution is 2.30. The molecule has 0 fully saturated rings. The molecular weight excluding hydrogens is 303 g/mol. The molecule has 1 aromatic heterocycles. The van der Waals surface area contributed by atoms with Crippen LogP contribution in [0.4, 0.5) is 18.9 Å². The molecule has 0 bridgehead atoms. The zero-order valence-electron chi connectivity index (χ0n) is 11.2. The fraction of sp³-hybridized carbons (Fsp3) is 0.154. The normalized spacial score (nSPS) is 11.3. The minimum atomic E-state index is -4.54. The molecule has 2 rings (SSSR count). The summed E-state index contributed by atoms with van der Waals surface area (Å²) in [7, 11) is 1.35. The fourth-order valence-corrected chi connectivity index (χ4v) is 1.83. The first-order chi connectivity index (χ1) is 10.2. The number of aromatic nitrogens is 2. The van der Waals surface area contributed by atoms with Crippen molar-refractivity contribution >= 4 is 17.6 Å². The Kier molecular flexibility index (Phi) is 3.89. The molecule has 0 unspecified atom stereocenters. The van der Waals surface area contributed by atoms with E-state index in [9.17, 15) is 22.8 Å². The van der Waals surface area contributed by atoms with Crippen molar-refractivity contribution in [2.24, 2.45) is 7.05 Å². The summed E-state index contributed by atoms with van der Waals surface area (Å²) < 4.78 is 38.9. The zero-order chi connectivity index (χ0) is 16.5. The third-order valence-electron chi connectivity index (χ3n) is 2.83. The lowest BCUT2D eigenvalue weighted by Gasteiger charge is -2.10. The van der Waals surface area contributed by atoms with Gasteiger partial charge in [-0.05, 0) is 18.2 Å². The highest BCUT2D eigenvalue weighted by atomic mass is 19.4. The predicted octanol–water partition coefficient (Wildman–Crippen LogP) is 2.39. The number of hydrogen-bond acceptors (Lipinski definition) is 3. The molecule has 1 aromatic carbocycles. The number of amides is 1. The zero-order valence-corrected chi connectivity index (χ0v) is 11.2. The largest absolute Gasteiger partial charge is 0.478 e. The Hall–Kier alpha value is -2.84. The van der Waals surface area contributed by atoms with E-state index in [1.165, 1.54) is 13.1 Å². The molecule has 0 aliphatic heterocycles. The molecule has 0 spiro atoms. The first kappa shape index (κ1) is 15.5. The molecule has 0 aliphatic rings. The van der Waals surface area contributed by atoms with E-state index in [0.717, 1.165) is 29.1 Å². The number of rotatable bonds is 3. The van der Waals surface area contributed by atoms with Crippen molar-refractivity contribution in [1.82, 2.24) is 9.78 Å². The van der Waals surface area contributed by atoms with Gasteiger partial charge in [0.05, 0.1) is 11.8 Å². The number of nitrogens with one attached hydrogen (secondary N) is 1. The van der Waals surface area contributed by atoms with E-state index in [-0.39, 0.29) is 16.9 Å². The van der Waals surface area contributed by atoms with Crippen molar-refractivity contribution in [1.29, 1.82) is 0 Å². The summed E-state index contributed by atoms with van der Waals surface area (Å²) in [5.41, 5.74) is -1.62. The van der Waals surface area contributed by atoms with E-state index in [2.05, 4.69) is 10.4 Å². The van der Waals surface area contributed by atoms with E-state index in [0.29, 0.717) is 0 Å². The Morgan fingerprint density at radius 2 is 2.00 bits per heavy atom. The maximum absolute atomic E-state index is 12.6. The lowest BCUT2D eigenvalue weighted by atomic mass is 10.2. The summed E-state index contributed by atoms with van der Waals surface area (Å²) >= 11 is 0. The molecule has 116 valence electrons. The molecule has 2 aromatic rings. The summed E-state index contributed by atoms with van der Waals surface area (Å²) in [4.78, 5) is 23.1. The third-order valence-corrected chi connectivity index (χ3v) is 2.83. The molecule has 9 heteroatoms. The van der Waals surface area contributed by atoms with E-state index in [1.54, 1.807) is 0 Å². The highest BCUT2D eigenvalue weighted by Gasteiger charge is 2.30. The second kappa shape index (κ2) is 5.51. The summed E-state index contributed by atoms with van der Waals surface area (Å²) in [5, 5.41) is 14.8. The van der Waals surface area contributed by atoms with Crippen LogP contribution in [0.3, 0.4) is 0 Å². The smallest absolute Gasteiger partial charge is 0.416 e. The van der Waals surface area contributed by atoms with Crippen LogP contribution in [0.1, 0.15) is 26.4 Å². The van der Waals surface area contributed by atoms with E-state index < -0.39 is 23.6 Å². The van der Waals surface area contributed by atoms with Gasteiger partial charge in [-0.25, -0.2) is 4.79 Å². The number of aromatic carboxylic acids is 1. The number of carboxylic acids is 1. The molecule has 6 nitrogen and oxygen atoms in total. The number of carbonyl (C=O) groups excluding carboxylic acids is 1. The second-order valence-corrected chi connectivity index (χ2v) is 4.37. The standard InChI is InChI=1S/C13H10F3N3O3/c1-19-10(9(6-17-19)12(21)22)11(20)18-8-4-2-3-7(5-8)13(14,15)16/h2-6H,1H3,(H,18,20)(H,21,22). The number of benzene rings is 1. The maximum atomic E-state index is 12.6. The lowest BCUT2D eigenvalue weighted by Crippen LogP contribution is -2.19. The minimum Gasteiger partial charge on any atom is -0.478 e. The molecule has 1 amide bonds. The maximum Gasteiger partial charge on any atom is 0.416 e. The van der Waals surface area contributed by atoms with Gasteiger partial charge in [0.1, 0.15) is 11.3 Å². The van der Waals surface area contributed by atoms with Crippen LogP contribution in [0.15, 0.2) is 30.5 Å². The number of hydrogen-bond donors (Lipinski definition) is 2. The van der Waals surface area contributed by atoms with Crippen molar-refractivity contribution in [3.8, 4) is 0 Å². The topological polar surface area (TPSA) is 84.2 Å². The van der Waals surface area contributed by atoms with Gasteiger partial charge in [0.25, 0.3) is 5.91 Å². The Labute approximate surface area is 122 Å². The van der Waals surface area contributed by atoms with Crippen molar-refractivity contribution in [3.63, 3.8) is 0 Å². The second-order valence-electron chi connectivity index (χ2n) is 4.37. The summed E-state index contributed by atoms with van der Waals surface area (Å²) in [5.74, 6) is -2.22. The number of alkyl halides is 3. The SMILES string of the molecule is Cn1ncc(C(=O)O)c1C(=O)Nc1cccc(C(F)(F)F)c1. The molecule has 22 heavy (non-hydrogen) atoms. The van der Waals surface area contributed by atoms with Crippen LogP contribution in [0.5, 0.6) is 0 Å². The average molecular weight is 313 g/mol. The number of halogens is 3. The summed E-state index contributed by atoms with van der Waals surface area (Å²) in [6.07, 6.45) is -3.55. The van der Waals surface area contributed by atoms with Gasteiger partial charge in [-0.2, -0.15) is 18.3 Å². The molecule has 0 aliphatic carbocycles. The molecule has 0 saturated heterocycles. The lowest BCUT2D eigenvalue weighted by molar-refractivity contribution is -0.137. The predicted molar refractivity (Wildman–Crippen MR) is 69.6 cm³/mol. The van der Waals surface area contributed by atoms with Crippen molar-refractivity contribution in [2.75, 3.05) is 5.32 Å². The molecular formula is C13H10F3N3O3. The van der Waals surface area contributed by atoms with Gasteiger partial charge in [0, 0.05) is 12.7 Å².